The van der Waals surface area contributed by atoms with Crippen LogP contribution in [0.1, 0.15) is 22.7 Å². The van der Waals surface area contributed by atoms with Crippen LogP contribution >= 0.6 is 11.3 Å². The highest BCUT2D eigenvalue weighted by molar-refractivity contribution is 7.13. The van der Waals surface area contributed by atoms with Gasteiger partial charge < -0.3 is 4.74 Å². The number of alkyl halides is 2. The molecule has 27 heavy (non-hydrogen) atoms. The predicted octanol–water partition coefficient (Wildman–Crippen LogP) is 4.91. The molecule has 0 fully saturated rings. The van der Waals surface area contributed by atoms with Crippen molar-refractivity contribution < 1.29 is 18.3 Å². The Kier molecular flexibility index (Phi) is 4.64. The average Bonchev–Trinajstić information content (AvgIpc) is 3.37. The molecule has 5 nitrogen and oxygen atoms in total. The van der Waals surface area contributed by atoms with E-state index in [0.717, 1.165) is 11.1 Å². The molecule has 3 heterocycles. The fraction of sp³-hybridized carbons (Fsp3) is 0.105. The Morgan fingerprint density at radius 3 is 2.85 bits per heavy atom. The summed E-state index contributed by atoms with van der Waals surface area (Å²) < 4.78 is 31.7. The number of aromatic nitrogens is 3. The molecule has 8 heteroatoms. The van der Waals surface area contributed by atoms with Gasteiger partial charge >= 0.3 is 12.5 Å². The van der Waals surface area contributed by atoms with Crippen molar-refractivity contribution in [3.8, 4) is 10.6 Å². The quantitative estimate of drug-likeness (QED) is 0.458. The van der Waals surface area contributed by atoms with Crippen molar-refractivity contribution in [1.29, 1.82) is 0 Å². The number of para-hydroxylation sites is 1. The van der Waals surface area contributed by atoms with Gasteiger partial charge in [-0.2, -0.15) is 8.78 Å². The number of hydrogen-bond donors (Lipinski definition) is 0. The summed E-state index contributed by atoms with van der Waals surface area (Å²) in [6, 6.07) is 12.7. The van der Waals surface area contributed by atoms with Crippen molar-refractivity contribution in [3.63, 3.8) is 0 Å². The van der Waals surface area contributed by atoms with Gasteiger partial charge in [0, 0.05) is 17.8 Å². The summed E-state index contributed by atoms with van der Waals surface area (Å²) in [7, 11) is 0. The molecule has 0 unspecified atom stereocenters. The third-order valence-electron chi connectivity index (χ3n) is 4.00. The van der Waals surface area contributed by atoms with E-state index in [1.807, 2.05) is 29.6 Å². The van der Waals surface area contributed by atoms with E-state index in [9.17, 15) is 13.6 Å². The molecule has 0 saturated heterocycles. The van der Waals surface area contributed by atoms with Gasteiger partial charge in [-0.15, -0.1) is 11.3 Å². The molecule has 3 aromatic heterocycles. The summed E-state index contributed by atoms with van der Waals surface area (Å²) in [5.41, 5.74) is 1.65. The maximum Gasteiger partial charge on any atom is 0.339 e. The molecule has 0 aliphatic heterocycles. The molecule has 4 rings (SSSR count). The molecule has 136 valence electrons. The fourth-order valence-corrected chi connectivity index (χ4v) is 3.42. The van der Waals surface area contributed by atoms with Gasteiger partial charge in [0.25, 0.3) is 0 Å². The lowest BCUT2D eigenvalue weighted by atomic mass is 10.1. The number of nitrogens with zero attached hydrogens (tertiary/aromatic N) is 3. The standard InChI is InChI=1S/C19H13F2N3O2S/c20-19(21)24-8-7-22-17(24)11-26-18(25)13-10-15(16-6-3-9-27-16)23-14-5-2-1-4-12(13)14/h1-10,19H,11H2. The van der Waals surface area contributed by atoms with E-state index in [4.69, 9.17) is 4.74 Å². The van der Waals surface area contributed by atoms with Crippen molar-refractivity contribution in [2.24, 2.45) is 0 Å². The Labute approximate surface area is 156 Å². The molecular formula is C19H13F2N3O2S. The minimum atomic E-state index is -2.74. The zero-order valence-corrected chi connectivity index (χ0v) is 14.7. The van der Waals surface area contributed by atoms with Crippen molar-refractivity contribution in [2.75, 3.05) is 0 Å². The number of fused-ring (bicyclic) bond motifs is 1. The van der Waals surface area contributed by atoms with Gasteiger partial charge in [-0.05, 0) is 23.6 Å². The summed E-state index contributed by atoms with van der Waals surface area (Å²) in [4.78, 5) is 22.0. The molecular weight excluding hydrogens is 372 g/mol. The molecule has 0 N–H and O–H groups in total. The van der Waals surface area contributed by atoms with Crippen LogP contribution in [0.4, 0.5) is 8.78 Å². The molecule has 1 aromatic carbocycles. The number of ether oxygens (including phenoxy) is 1. The zero-order valence-electron chi connectivity index (χ0n) is 13.9. The monoisotopic (exact) mass is 385 g/mol. The van der Waals surface area contributed by atoms with Crippen LogP contribution in [0.5, 0.6) is 0 Å². The van der Waals surface area contributed by atoms with E-state index in [1.165, 1.54) is 17.5 Å². The highest BCUT2D eigenvalue weighted by Gasteiger charge is 2.18. The number of halogens is 2. The minimum Gasteiger partial charge on any atom is -0.454 e. The van der Waals surface area contributed by atoms with Crippen LogP contribution in [0.2, 0.25) is 0 Å². The van der Waals surface area contributed by atoms with Crippen LogP contribution in [0.15, 0.2) is 60.2 Å². The van der Waals surface area contributed by atoms with E-state index in [1.54, 1.807) is 18.2 Å². The van der Waals surface area contributed by atoms with E-state index in [-0.39, 0.29) is 12.4 Å². The number of imidazole rings is 1. The summed E-state index contributed by atoms with van der Waals surface area (Å²) in [5.74, 6) is -0.634. The van der Waals surface area contributed by atoms with Crippen molar-refractivity contribution in [3.05, 3.63) is 71.6 Å². The lowest BCUT2D eigenvalue weighted by Crippen LogP contribution is -2.11. The van der Waals surface area contributed by atoms with Crippen molar-refractivity contribution >= 4 is 28.2 Å². The fourth-order valence-electron chi connectivity index (χ4n) is 2.74. The predicted molar refractivity (Wildman–Crippen MR) is 97.7 cm³/mol. The Morgan fingerprint density at radius 1 is 1.22 bits per heavy atom. The highest BCUT2D eigenvalue weighted by atomic mass is 32.1. The van der Waals surface area contributed by atoms with Gasteiger partial charge in [-0.25, -0.2) is 14.8 Å². The first-order valence-electron chi connectivity index (χ1n) is 8.04. The number of hydrogen-bond acceptors (Lipinski definition) is 5. The van der Waals surface area contributed by atoms with Crippen LogP contribution < -0.4 is 0 Å². The largest absolute Gasteiger partial charge is 0.454 e. The van der Waals surface area contributed by atoms with E-state index >= 15 is 0 Å². The summed E-state index contributed by atoms with van der Waals surface area (Å²) in [6.45, 7) is -3.09. The maximum absolute atomic E-state index is 12.9. The molecule has 0 aliphatic carbocycles. The summed E-state index contributed by atoms with van der Waals surface area (Å²) >= 11 is 1.51. The van der Waals surface area contributed by atoms with Crippen LogP contribution in [0.25, 0.3) is 21.5 Å². The summed E-state index contributed by atoms with van der Waals surface area (Å²) in [6.07, 6.45) is 2.39. The number of rotatable bonds is 5. The molecule has 0 saturated carbocycles. The number of carbonyl (C=O) groups is 1. The van der Waals surface area contributed by atoms with Gasteiger partial charge in [0.1, 0.15) is 6.61 Å². The van der Waals surface area contributed by atoms with Gasteiger partial charge in [0.2, 0.25) is 0 Å². The average molecular weight is 385 g/mol. The normalized spacial score (nSPS) is 11.2. The Bertz CT molecular complexity index is 1090. The SMILES string of the molecule is O=C(OCc1nccn1C(F)F)c1cc(-c2cccs2)nc2ccccc12. The molecule has 0 amide bonds. The van der Waals surface area contributed by atoms with Gasteiger partial charge in [0.15, 0.2) is 5.82 Å². The van der Waals surface area contributed by atoms with E-state index < -0.39 is 12.5 Å². The Hall–Kier alpha value is -3.13. The lowest BCUT2D eigenvalue weighted by molar-refractivity contribution is 0.0378. The second-order valence-corrected chi connectivity index (χ2v) is 6.60. The molecule has 4 aromatic rings. The smallest absolute Gasteiger partial charge is 0.339 e. The number of thiophene rings is 1. The van der Waals surface area contributed by atoms with Gasteiger partial charge in [0.05, 0.1) is 21.7 Å². The topological polar surface area (TPSA) is 57.0 Å². The van der Waals surface area contributed by atoms with Crippen LogP contribution in [0.3, 0.4) is 0 Å². The van der Waals surface area contributed by atoms with Crippen LogP contribution in [-0.4, -0.2) is 20.5 Å². The molecule has 0 bridgehead atoms. The van der Waals surface area contributed by atoms with Crippen LogP contribution in [0, 0.1) is 0 Å². The van der Waals surface area contributed by atoms with Gasteiger partial charge in [-0.3, -0.25) is 4.57 Å². The first-order valence-corrected chi connectivity index (χ1v) is 8.92. The third kappa shape index (κ3) is 3.43. The van der Waals surface area contributed by atoms with Crippen molar-refractivity contribution in [2.45, 2.75) is 13.2 Å². The molecule has 0 radical (unpaired) electrons. The van der Waals surface area contributed by atoms with Crippen molar-refractivity contribution in [1.82, 2.24) is 14.5 Å². The first-order chi connectivity index (χ1) is 13.1. The number of carbonyl (C=O) groups excluding carboxylic acids is 1. The Morgan fingerprint density at radius 2 is 2.07 bits per heavy atom. The number of benzene rings is 1. The minimum absolute atomic E-state index is 0.0183. The number of esters is 1. The van der Waals surface area contributed by atoms with Gasteiger partial charge in [-0.1, -0.05) is 24.3 Å². The second-order valence-electron chi connectivity index (χ2n) is 5.65. The first kappa shape index (κ1) is 17.3. The Balaban J connectivity index is 1.67. The third-order valence-corrected chi connectivity index (χ3v) is 4.89. The second kappa shape index (κ2) is 7.24. The highest BCUT2D eigenvalue weighted by Crippen LogP contribution is 2.28. The number of pyridine rings is 1. The zero-order chi connectivity index (χ0) is 18.8. The van der Waals surface area contributed by atoms with Crippen LogP contribution in [-0.2, 0) is 11.3 Å². The molecule has 0 aliphatic rings. The van der Waals surface area contributed by atoms with E-state index in [2.05, 4.69) is 9.97 Å². The molecule has 0 atom stereocenters. The lowest BCUT2D eigenvalue weighted by Gasteiger charge is -2.10. The summed E-state index contributed by atoms with van der Waals surface area (Å²) in [5, 5.41) is 2.56. The molecule has 0 spiro atoms. The maximum atomic E-state index is 12.9. The van der Waals surface area contributed by atoms with E-state index in [0.29, 0.717) is 26.7 Å².